The Labute approximate surface area is 120 Å². The molecule has 2 aromatic rings. The monoisotopic (exact) mass is 293 g/mol. The highest BCUT2D eigenvalue weighted by Crippen LogP contribution is 2.32. The van der Waals surface area contributed by atoms with E-state index in [1.807, 2.05) is 16.7 Å². The van der Waals surface area contributed by atoms with Gasteiger partial charge in [-0.3, -0.25) is 9.69 Å². The minimum Gasteiger partial charge on any atom is -0.301 e. The zero-order valence-corrected chi connectivity index (χ0v) is 12.3. The number of amides is 1. The largest absolute Gasteiger partial charge is 0.301 e. The summed E-state index contributed by atoms with van der Waals surface area (Å²) < 4.78 is 0. The number of hydrogen-bond donors (Lipinski definition) is 1. The molecule has 0 saturated carbocycles. The third-order valence-electron chi connectivity index (χ3n) is 3.43. The van der Waals surface area contributed by atoms with Crippen LogP contribution >= 0.6 is 22.7 Å². The number of thiazole rings is 1. The third-order valence-corrected chi connectivity index (χ3v) is 5.11. The Kier molecular flexibility index (Phi) is 3.63. The Hall–Kier alpha value is -1.24. The molecule has 0 bridgehead atoms. The van der Waals surface area contributed by atoms with Crippen LogP contribution in [-0.4, -0.2) is 28.9 Å². The topological polar surface area (TPSA) is 45.2 Å². The van der Waals surface area contributed by atoms with Crippen molar-refractivity contribution < 1.29 is 4.79 Å². The van der Waals surface area contributed by atoms with Gasteiger partial charge in [-0.1, -0.05) is 0 Å². The Bertz CT molecular complexity index is 564. The SMILES string of the molecule is CC1c2ccsc2CCN1CC(=O)Nc1nccs1. The molecular weight excluding hydrogens is 278 g/mol. The molecule has 0 fully saturated rings. The van der Waals surface area contributed by atoms with E-state index >= 15 is 0 Å². The average Bonchev–Trinajstić information content (AvgIpc) is 3.03. The molecule has 1 atom stereocenters. The van der Waals surface area contributed by atoms with Crippen molar-refractivity contribution in [2.45, 2.75) is 19.4 Å². The average molecular weight is 293 g/mol. The van der Waals surface area contributed by atoms with Crippen molar-refractivity contribution in [1.82, 2.24) is 9.88 Å². The van der Waals surface area contributed by atoms with Crippen LogP contribution in [0.2, 0.25) is 0 Å². The van der Waals surface area contributed by atoms with Gasteiger partial charge in [0.05, 0.1) is 6.54 Å². The number of nitrogens with zero attached hydrogens (tertiary/aromatic N) is 2. The van der Waals surface area contributed by atoms with E-state index in [9.17, 15) is 4.79 Å². The van der Waals surface area contributed by atoms with Crippen LogP contribution in [0.25, 0.3) is 0 Å². The van der Waals surface area contributed by atoms with Gasteiger partial charge >= 0.3 is 0 Å². The molecule has 3 heterocycles. The first kappa shape index (κ1) is 12.8. The molecule has 1 amide bonds. The van der Waals surface area contributed by atoms with Crippen LogP contribution < -0.4 is 5.32 Å². The minimum atomic E-state index is 0.0143. The van der Waals surface area contributed by atoms with Gasteiger partial charge in [0.25, 0.3) is 0 Å². The van der Waals surface area contributed by atoms with Crippen molar-refractivity contribution in [3.8, 4) is 0 Å². The molecule has 19 heavy (non-hydrogen) atoms. The first-order chi connectivity index (χ1) is 9.24. The van der Waals surface area contributed by atoms with Gasteiger partial charge < -0.3 is 5.32 Å². The molecule has 1 N–H and O–H groups in total. The molecule has 1 aliphatic rings. The smallest absolute Gasteiger partial charge is 0.240 e. The summed E-state index contributed by atoms with van der Waals surface area (Å²) in [6.07, 6.45) is 2.74. The zero-order valence-electron chi connectivity index (χ0n) is 10.6. The lowest BCUT2D eigenvalue weighted by Crippen LogP contribution is -2.39. The van der Waals surface area contributed by atoms with Crippen molar-refractivity contribution >= 4 is 33.7 Å². The maximum atomic E-state index is 12.0. The van der Waals surface area contributed by atoms with Gasteiger partial charge in [-0.2, -0.15) is 0 Å². The lowest BCUT2D eigenvalue weighted by Gasteiger charge is -2.32. The summed E-state index contributed by atoms with van der Waals surface area (Å²) in [7, 11) is 0. The molecule has 0 radical (unpaired) electrons. The van der Waals surface area contributed by atoms with Crippen LogP contribution in [0.5, 0.6) is 0 Å². The second-order valence-electron chi connectivity index (χ2n) is 4.58. The summed E-state index contributed by atoms with van der Waals surface area (Å²) in [5.41, 5.74) is 1.37. The highest BCUT2D eigenvalue weighted by molar-refractivity contribution is 7.13. The number of hydrogen-bond acceptors (Lipinski definition) is 5. The Morgan fingerprint density at radius 3 is 3.21 bits per heavy atom. The van der Waals surface area contributed by atoms with Crippen LogP contribution in [0, 0.1) is 0 Å². The Balaban J connectivity index is 1.63. The molecule has 4 nitrogen and oxygen atoms in total. The fourth-order valence-corrected chi connectivity index (χ4v) is 3.91. The van der Waals surface area contributed by atoms with E-state index < -0.39 is 0 Å². The maximum absolute atomic E-state index is 12.0. The van der Waals surface area contributed by atoms with Crippen molar-refractivity contribution in [3.63, 3.8) is 0 Å². The van der Waals surface area contributed by atoms with E-state index in [-0.39, 0.29) is 5.91 Å². The summed E-state index contributed by atoms with van der Waals surface area (Å²) >= 11 is 3.26. The van der Waals surface area contributed by atoms with Crippen LogP contribution in [-0.2, 0) is 11.2 Å². The van der Waals surface area contributed by atoms with Gasteiger partial charge in [-0.25, -0.2) is 4.98 Å². The fourth-order valence-electron chi connectivity index (χ4n) is 2.41. The number of rotatable bonds is 3. The zero-order chi connectivity index (χ0) is 13.2. The molecule has 2 aromatic heterocycles. The summed E-state index contributed by atoms with van der Waals surface area (Å²) in [5, 5.41) is 7.51. The van der Waals surface area contributed by atoms with Crippen molar-refractivity contribution in [2.75, 3.05) is 18.4 Å². The number of carbonyl (C=O) groups is 1. The van der Waals surface area contributed by atoms with Gasteiger partial charge in [0.15, 0.2) is 5.13 Å². The quantitative estimate of drug-likeness (QED) is 0.946. The summed E-state index contributed by atoms with van der Waals surface area (Å²) in [5.74, 6) is 0.0143. The molecule has 6 heteroatoms. The molecule has 0 aromatic carbocycles. The standard InChI is InChI=1S/C13H15N3OS2/c1-9-10-3-6-18-11(10)2-5-16(9)8-12(17)15-13-14-4-7-19-13/h3-4,6-7,9H,2,5,8H2,1H3,(H,14,15,17). The van der Waals surface area contributed by atoms with Crippen molar-refractivity contribution in [2.24, 2.45) is 0 Å². The summed E-state index contributed by atoms with van der Waals surface area (Å²) in [4.78, 5) is 19.7. The first-order valence-corrected chi connectivity index (χ1v) is 7.99. The Morgan fingerprint density at radius 1 is 1.53 bits per heavy atom. The molecule has 0 aliphatic carbocycles. The molecule has 100 valence electrons. The number of carbonyl (C=O) groups excluding carboxylic acids is 1. The number of aromatic nitrogens is 1. The molecule has 1 aliphatic heterocycles. The van der Waals surface area contributed by atoms with E-state index in [1.165, 1.54) is 21.8 Å². The summed E-state index contributed by atoms with van der Waals surface area (Å²) in [6, 6.07) is 2.49. The highest BCUT2D eigenvalue weighted by Gasteiger charge is 2.26. The predicted octanol–water partition coefficient (Wildman–Crippen LogP) is 2.76. The molecule has 1 unspecified atom stereocenters. The number of thiophene rings is 1. The maximum Gasteiger partial charge on any atom is 0.240 e. The fraction of sp³-hybridized carbons (Fsp3) is 0.385. The number of nitrogens with one attached hydrogen (secondary N) is 1. The lowest BCUT2D eigenvalue weighted by molar-refractivity contribution is -0.117. The molecular formula is C13H15N3OS2. The van der Waals surface area contributed by atoms with Gasteiger partial charge in [0, 0.05) is 29.0 Å². The predicted molar refractivity (Wildman–Crippen MR) is 78.8 cm³/mol. The van der Waals surface area contributed by atoms with Gasteiger partial charge in [0.2, 0.25) is 5.91 Å². The molecule has 0 spiro atoms. The van der Waals surface area contributed by atoms with E-state index in [2.05, 4.69) is 33.6 Å². The van der Waals surface area contributed by atoms with Crippen LogP contribution in [0.1, 0.15) is 23.4 Å². The summed E-state index contributed by atoms with van der Waals surface area (Å²) in [6.45, 7) is 3.54. The molecule has 0 saturated heterocycles. The van der Waals surface area contributed by atoms with E-state index in [0.29, 0.717) is 17.7 Å². The second kappa shape index (κ2) is 5.40. The van der Waals surface area contributed by atoms with Crippen molar-refractivity contribution in [3.05, 3.63) is 33.5 Å². The van der Waals surface area contributed by atoms with Crippen LogP contribution in [0.3, 0.4) is 0 Å². The third kappa shape index (κ3) is 2.70. The van der Waals surface area contributed by atoms with E-state index in [4.69, 9.17) is 0 Å². The van der Waals surface area contributed by atoms with E-state index in [0.717, 1.165) is 13.0 Å². The second-order valence-corrected chi connectivity index (χ2v) is 6.48. The lowest BCUT2D eigenvalue weighted by atomic mass is 10.0. The normalized spacial score (nSPS) is 19.1. The number of anilines is 1. The van der Waals surface area contributed by atoms with E-state index in [1.54, 1.807) is 6.20 Å². The van der Waals surface area contributed by atoms with Gasteiger partial charge in [-0.15, -0.1) is 22.7 Å². The highest BCUT2D eigenvalue weighted by atomic mass is 32.1. The van der Waals surface area contributed by atoms with Gasteiger partial charge in [0.1, 0.15) is 0 Å². The minimum absolute atomic E-state index is 0.0143. The van der Waals surface area contributed by atoms with Crippen molar-refractivity contribution in [1.29, 1.82) is 0 Å². The Morgan fingerprint density at radius 2 is 2.42 bits per heavy atom. The van der Waals surface area contributed by atoms with Gasteiger partial charge in [-0.05, 0) is 30.4 Å². The number of fused-ring (bicyclic) bond motifs is 1. The van der Waals surface area contributed by atoms with Crippen LogP contribution in [0.15, 0.2) is 23.0 Å². The first-order valence-electron chi connectivity index (χ1n) is 6.23. The van der Waals surface area contributed by atoms with Crippen LogP contribution in [0.4, 0.5) is 5.13 Å². The molecule has 3 rings (SSSR count).